The summed E-state index contributed by atoms with van der Waals surface area (Å²) in [6, 6.07) is 2.00. The van der Waals surface area contributed by atoms with Crippen LogP contribution in [0.2, 0.25) is 0 Å². The highest BCUT2D eigenvalue weighted by atomic mass is 79.9. The van der Waals surface area contributed by atoms with Crippen LogP contribution in [-0.2, 0) is 16.0 Å². The van der Waals surface area contributed by atoms with Crippen LogP contribution >= 0.6 is 15.9 Å². The van der Waals surface area contributed by atoms with Crippen molar-refractivity contribution in [3.63, 3.8) is 0 Å². The predicted octanol–water partition coefficient (Wildman–Crippen LogP) is 2.44. The van der Waals surface area contributed by atoms with Crippen LogP contribution in [0.4, 0.5) is 0 Å². The molecule has 0 aliphatic carbocycles. The summed E-state index contributed by atoms with van der Waals surface area (Å²) in [5, 5.41) is 0. The van der Waals surface area contributed by atoms with Gasteiger partial charge in [0.2, 0.25) is 0 Å². The summed E-state index contributed by atoms with van der Waals surface area (Å²) in [6.45, 7) is 2.48. The van der Waals surface area contributed by atoms with Crippen molar-refractivity contribution in [1.82, 2.24) is 14.5 Å². The highest BCUT2D eigenvalue weighted by Crippen LogP contribution is 2.31. The van der Waals surface area contributed by atoms with E-state index in [2.05, 4.69) is 25.5 Å². The predicted molar refractivity (Wildman–Crippen MR) is 72.9 cm³/mol. The molecular weight excluding hydrogens is 310 g/mol. The number of pyridine rings is 1. The molecule has 6 heteroatoms. The van der Waals surface area contributed by atoms with Gasteiger partial charge in [-0.15, -0.1) is 0 Å². The summed E-state index contributed by atoms with van der Waals surface area (Å²) in [6.07, 6.45) is 4.36. The van der Waals surface area contributed by atoms with Crippen LogP contribution in [0.3, 0.4) is 0 Å². The van der Waals surface area contributed by atoms with Gasteiger partial charge in [0, 0.05) is 17.3 Å². The number of nitrogens with zero attached hydrogens (tertiary/aromatic N) is 3. The number of ether oxygens (including phenoxy) is 2. The molecule has 0 saturated carbocycles. The van der Waals surface area contributed by atoms with Crippen LogP contribution in [0, 0.1) is 0 Å². The van der Waals surface area contributed by atoms with Crippen LogP contribution in [-0.4, -0.2) is 33.9 Å². The second kappa shape index (κ2) is 4.54. The lowest BCUT2D eigenvalue weighted by Crippen LogP contribution is -2.12. The first-order chi connectivity index (χ1) is 9.31. The van der Waals surface area contributed by atoms with Crippen molar-refractivity contribution in [2.24, 2.45) is 0 Å². The molecule has 2 atom stereocenters. The van der Waals surface area contributed by atoms with Crippen LogP contribution in [0.15, 0.2) is 16.7 Å². The average Bonchev–Trinajstić information content (AvgIpc) is 2.93. The molecule has 0 N–H and O–H groups in total. The number of imidazole rings is 1. The molecule has 0 bridgehead atoms. The quantitative estimate of drug-likeness (QED) is 0.814. The average molecular weight is 324 g/mol. The van der Waals surface area contributed by atoms with Crippen LogP contribution in [0.25, 0.3) is 11.2 Å². The van der Waals surface area contributed by atoms with Gasteiger partial charge in [-0.3, -0.25) is 0 Å². The largest absolute Gasteiger partial charge is 0.371 e. The second-order valence-corrected chi connectivity index (χ2v) is 5.95. The fourth-order valence-electron chi connectivity index (χ4n) is 2.59. The van der Waals surface area contributed by atoms with Crippen molar-refractivity contribution in [2.75, 3.05) is 13.2 Å². The van der Waals surface area contributed by atoms with E-state index >= 15 is 0 Å². The minimum Gasteiger partial charge on any atom is -0.371 e. The first kappa shape index (κ1) is 11.8. The molecule has 0 aromatic carbocycles. The molecule has 100 valence electrons. The number of hydrogen-bond acceptors (Lipinski definition) is 4. The van der Waals surface area contributed by atoms with Crippen LogP contribution < -0.4 is 0 Å². The maximum atomic E-state index is 5.78. The first-order valence-corrected chi connectivity index (χ1v) is 7.35. The van der Waals surface area contributed by atoms with Crippen molar-refractivity contribution < 1.29 is 9.47 Å². The van der Waals surface area contributed by atoms with E-state index in [0.717, 1.165) is 54.1 Å². The highest BCUT2D eigenvalue weighted by Gasteiger charge is 2.29. The normalized spacial score (nSPS) is 26.2. The molecular formula is C13H14BrN3O2. The maximum absolute atomic E-state index is 5.78. The van der Waals surface area contributed by atoms with Crippen molar-refractivity contribution >= 4 is 27.1 Å². The number of aromatic nitrogens is 3. The van der Waals surface area contributed by atoms with Crippen molar-refractivity contribution in [3.8, 4) is 0 Å². The van der Waals surface area contributed by atoms with E-state index in [1.54, 1.807) is 0 Å². The van der Waals surface area contributed by atoms with E-state index < -0.39 is 0 Å². The molecule has 2 fully saturated rings. The summed E-state index contributed by atoms with van der Waals surface area (Å²) in [5.74, 6) is 0.994. The molecule has 19 heavy (non-hydrogen) atoms. The zero-order valence-corrected chi connectivity index (χ0v) is 12.0. The molecule has 2 aliphatic rings. The minimum atomic E-state index is 0.103. The van der Waals surface area contributed by atoms with E-state index in [-0.39, 0.29) is 6.10 Å². The van der Waals surface area contributed by atoms with Crippen molar-refractivity contribution in [1.29, 1.82) is 0 Å². The summed E-state index contributed by atoms with van der Waals surface area (Å²) < 4.78 is 14.2. The Bertz CT molecular complexity index is 618. The summed E-state index contributed by atoms with van der Waals surface area (Å²) in [7, 11) is 0. The van der Waals surface area contributed by atoms with Gasteiger partial charge in [0.05, 0.1) is 19.3 Å². The molecule has 0 amide bonds. The smallest absolute Gasteiger partial charge is 0.160 e. The molecule has 0 unspecified atom stereocenters. The molecule has 4 rings (SSSR count). The monoisotopic (exact) mass is 323 g/mol. The van der Waals surface area contributed by atoms with Crippen molar-refractivity contribution in [2.45, 2.75) is 31.6 Å². The van der Waals surface area contributed by atoms with Crippen LogP contribution in [0.1, 0.15) is 24.8 Å². The Morgan fingerprint density at radius 3 is 3.05 bits per heavy atom. The number of rotatable bonds is 3. The molecule has 2 aliphatic heterocycles. The van der Waals surface area contributed by atoms with Gasteiger partial charge >= 0.3 is 0 Å². The van der Waals surface area contributed by atoms with Crippen LogP contribution in [0.5, 0.6) is 0 Å². The van der Waals surface area contributed by atoms with Crippen molar-refractivity contribution in [3.05, 3.63) is 22.6 Å². The topological polar surface area (TPSA) is 52.5 Å². The molecule has 0 spiro atoms. The first-order valence-electron chi connectivity index (χ1n) is 6.56. The summed E-state index contributed by atoms with van der Waals surface area (Å²) in [4.78, 5) is 9.22. The van der Waals surface area contributed by atoms with E-state index in [0.29, 0.717) is 6.10 Å². The van der Waals surface area contributed by atoms with Gasteiger partial charge < -0.3 is 14.0 Å². The van der Waals surface area contributed by atoms with Gasteiger partial charge in [0.25, 0.3) is 0 Å². The Balaban J connectivity index is 1.83. The molecule has 4 heterocycles. The summed E-state index contributed by atoms with van der Waals surface area (Å²) in [5.41, 5.74) is 1.84. The standard InChI is InChI=1S/C13H14BrN3O2/c14-8-4-10-12(15-5-8)17(6-9-7-19-9)13(16-10)11-2-1-3-18-11/h4-5,9,11H,1-3,6-7H2/t9-,11+/m1/s1. The van der Waals surface area contributed by atoms with E-state index in [1.807, 2.05) is 12.3 Å². The minimum absolute atomic E-state index is 0.103. The fraction of sp³-hybridized carbons (Fsp3) is 0.538. The highest BCUT2D eigenvalue weighted by molar-refractivity contribution is 9.10. The van der Waals surface area contributed by atoms with E-state index in [4.69, 9.17) is 14.5 Å². The molecule has 0 radical (unpaired) electrons. The third-order valence-corrected chi connectivity index (χ3v) is 4.02. The Hall–Kier alpha value is -0.980. The summed E-state index contributed by atoms with van der Waals surface area (Å²) >= 11 is 3.45. The number of epoxide rings is 1. The lowest BCUT2D eigenvalue weighted by molar-refractivity contribution is 0.102. The number of fused-ring (bicyclic) bond motifs is 1. The Morgan fingerprint density at radius 2 is 2.32 bits per heavy atom. The molecule has 2 aromatic heterocycles. The lowest BCUT2D eigenvalue weighted by Gasteiger charge is -2.11. The van der Waals surface area contributed by atoms with Gasteiger partial charge in [-0.05, 0) is 34.8 Å². The van der Waals surface area contributed by atoms with E-state index in [9.17, 15) is 0 Å². The second-order valence-electron chi connectivity index (χ2n) is 5.03. The zero-order chi connectivity index (χ0) is 12.8. The van der Waals surface area contributed by atoms with Gasteiger partial charge in [-0.2, -0.15) is 0 Å². The van der Waals surface area contributed by atoms with E-state index in [1.165, 1.54) is 0 Å². The van der Waals surface area contributed by atoms with Gasteiger partial charge in [-0.25, -0.2) is 9.97 Å². The third kappa shape index (κ3) is 2.17. The third-order valence-electron chi connectivity index (χ3n) is 3.59. The Kier molecular flexibility index (Phi) is 2.82. The number of hydrogen-bond donors (Lipinski definition) is 0. The SMILES string of the molecule is Brc1cnc2c(c1)nc([C@@H]1CCCO1)n2C[C@@H]1CO1. The number of halogens is 1. The lowest BCUT2D eigenvalue weighted by atomic mass is 10.2. The van der Waals surface area contributed by atoms with Gasteiger partial charge in [0.15, 0.2) is 5.65 Å². The Morgan fingerprint density at radius 1 is 1.42 bits per heavy atom. The molecule has 5 nitrogen and oxygen atoms in total. The zero-order valence-electron chi connectivity index (χ0n) is 10.4. The molecule has 2 saturated heterocycles. The molecule has 2 aromatic rings. The maximum Gasteiger partial charge on any atom is 0.160 e. The van der Waals surface area contributed by atoms with Gasteiger partial charge in [0.1, 0.15) is 17.4 Å². The Labute approximate surface area is 119 Å². The fourth-order valence-corrected chi connectivity index (χ4v) is 2.91. The van der Waals surface area contributed by atoms with Gasteiger partial charge in [-0.1, -0.05) is 0 Å².